The summed E-state index contributed by atoms with van der Waals surface area (Å²) in [6.45, 7) is 8.53. The van der Waals surface area contributed by atoms with Gasteiger partial charge in [-0.2, -0.15) is 10.2 Å². The van der Waals surface area contributed by atoms with Crippen molar-refractivity contribution < 1.29 is 23.3 Å². The Morgan fingerprint density at radius 1 is 0.889 bits per heavy atom. The highest BCUT2D eigenvalue weighted by Gasteiger charge is 2.39. The summed E-state index contributed by atoms with van der Waals surface area (Å²) < 4.78 is 35.3. The first-order chi connectivity index (χ1) is 25.9. The number of nitriles is 1. The Labute approximate surface area is 328 Å². The van der Waals surface area contributed by atoms with Crippen molar-refractivity contribution in [2.75, 3.05) is 48.1 Å². The van der Waals surface area contributed by atoms with Crippen LogP contribution in [0.15, 0.2) is 99.3 Å². The van der Waals surface area contributed by atoms with E-state index in [1.165, 1.54) is 4.57 Å². The van der Waals surface area contributed by atoms with E-state index < -0.39 is 25.9 Å². The molecule has 0 aliphatic rings. The molecule has 0 aliphatic carbocycles. The van der Waals surface area contributed by atoms with E-state index in [-0.39, 0.29) is 44.1 Å². The van der Waals surface area contributed by atoms with Crippen LogP contribution in [0.4, 0.5) is 5.82 Å². The van der Waals surface area contributed by atoms with Crippen LogP contribution < -0.4 is 15.2 Å². The number of nitrogens with zero attached hydrogens (tertiary/aromatic N) is 6. The lowest BCUT2D eigenvalue weighted by Crippen LogP contribution is -2.39. The number of halogens is 1. The van der Waals surface area contributed by atoms with Crippen LogP contribution in [-0.2, 0) is 19.4 Å². The highest BCUT2D eigenvalue weighted by Crippen LogP contribution is 2.47. The first-order valence-electron chi connectivity index (χ1n) is 17.6. The molecule has 1 aromatic heterocycles. The summed E-state index contributed by atoms with van der Waals surface area (Å²) in [7, 11) is 5.30. The van der Waals surface area contributed by atoms with Gasteiger partial charge in [-0.3, -0.25) is 4.57 Å². The van der Waals surface area contributed by atoms with Crippen LogP contribution in [0.2, 0.25) is 0 Å². The first kappa shape index (κ1) is 42.6. The number of rotatable bonds is 20. The normalized spacial score (nSPS) is 13.0. The first-order valence-corrected chi connectivity index (χ1v) is 19.6. The monoisotopic (exact) mass is 820 g/mol. The van der Waals surface area contributed by atoms with Gasteiger partial charge in [-0.1, -0.05) is 54.6 Å². The maximum absolute atomic E-state index is 13.9. The van der Waals surface area contributed by atoms with E-state index in [0.29, 0.717) is 16.0 Å². The molecule has 0 amide bonds. The van der Waals surface area contributed by atoms with E-state index in [9.17, 15) is 10.1 Å². The van der Waals surface area contributed by atoms with Crippen LogP contribution in [0.1, 0.15) is 56.8 Å². The molecule has 2 atom stereocenters. The molecule has 1 heterocycles. The van der Waals surface area contributed by atoms with Gasteiger partial charge in [0.05, 0.1) is 63.4 Å². The van der Waals surface area contributed by atoms with Gasteiger partial charge in [-0.15, -0.1) is 0 Å². The zero-order chi connectivity index (χ0) is 39.3. The zero-order valence-electron chi connectivity index (χ0n) is 32.2. The third kappa shape index (κ3) is 10.7. The number of aliphatic imine (C=N–C) groups is 1. The summed E-state index contributed by atoms with van der Waals surface area (Å²) in [5.41, 5.74) is 0.866. The Morgan fingerprint density at radius 2 is 1.44 bits per heavy atom. The Hall–Kier alpha value is -4.15. The molecule has 0 radical (unpaired) electrons. The van der Waals surface area contributed by atoms with Crippen molar-refractivity contribution in [3.05, 3.63) is 117 Å². The van der Waals surface area contributed by atoms with Gasteiger partial charge in [0.15, 0.2) is 5.82 Å². The molecular weight excluding hydrogens is 771 g/mol. The predicted molar refractivity (Wildman–Crippen MR) is 217 cm³/mol. The number of benzene rings is 3. The lowest BCUT2D eigenvalue weighted by molar-refractivity contribution is -0.0152. The zero-order valence-corrected chi connectivity index (χ0v) is 34.7. The maximum Gasteiger partial charge on any atom is 0.350 e. The largest absolute Gasteiger partial charge is 0.497 e. The molecule has 0 saturated carbocycles. The Bertz CT molecular complexity index is 1830. The third-order valence-corrected chi connectivity index (χ3v) is 11.0. The van der Waals surface area contributed by atoms with Gasteiger partial charge in [0.1, 0.15) is 17.1 Å². The number of ether oxygens (including phenoxy) is 3. The van der Waals surface area contributed by atoms with E-state index in [1.807, 2.05) is 93.0 Å². The van der Waals surface area contributed by atoms with Crippen molar-refractivity contribution in [2.45, 2.75) is 57.8 Å². The Balaban J connectivity index is 1.88. The van der Waals surface area contributed by atoms with E-state index in [0.717, 1.165) is 16.7 Å². The molecule has 1 unspecified atom stereocenters. The van der Waals surface area contributed by atoms with Gasteiger partial charge in [0.25, 0.3) is 8.53 Å². The lowest BCUT2D eigenvalue weighted by Gasteiger charge is -2.38. The fourth-order valence-corrected chi connectivity index (χ4v) is 7.98. The highest BCUT2D eigenvalue weighted by molar-refractivity contribution is 9.10. The fraction of sp³-hybridized carbons (Fsp3) is 0.400. The van der Waals surface area contributed by atoms with Crippen LogP contribution in [-0.4, -0.2) is 85.7 Å². The molecule has 54 heavy (non-hydrogen) atoms. The van der Waals surface area contributed by atoms with Crippen molar-refractivity contribution in [3.8, 4) is 17.6 Å². The minimum Gasteiger partial charge on any atom is -0.497 e. The molecule has 0 aliphatic heterocycles. The molecule has 4 aromatic rings. The van der Waals surface area contributed by atoms with E-state index in [4.69, 9.17) is 23.3 Å². The van der Waals surface area contributed by atoms with Crippen LogP contribution >= 0.6 is 24.5 Å². The van der Waals surface area contributed by atoms with Crippen LogP contribution in [0, 0.1) is 11.3 Å². The summed E-state index contributed by atoms with van der Waals surface area (Å²) in [6.07, 6.45) is 3.46. The van der Waals surface area contributed by atoms with E-state index in [2.05, 4.69) is 64.3 Å². The highest BCUT2D eigenvalue weighted by atomic mass is 79.9. The molecule has 0 spiro atoms. The SMILES string of the molecule is COc1ccc(C(OC[C@@H](COP(OCCC#N)N(C(C)C)C(C)C)n2cc(Br)c(N=CN(C)C)nc2=O)(c2ccccc2)c2ccc(OC)cc2)cc1. The molecule has 12 nitrogen and oxygen atoms in total. The maximum atomic E-state index is 13.9. The van der Waals surface area contributed by atoms with E-state index in [1.54, 1.807) is 31.7 Å². The second-order valence-electron chi connectivity index (χ2n) is 13.1. The van der Waals surface area contributed by atoms with Crippen LogP contribution in [0.25, 0.3) is 0 Å². The Kier molecular flexibility index (Phi) is 16.2. The summed E-state index contributed by atoms with van der Waals surface area (Å²) in [4.78, 5) is 24.4. The molecule has 0 fully saturated rings. The molecular formula is C40H50BrN6O6P. The number of hydrogen-bond donors (Lipinski definition) is 0. The molecule has 0 saturated heterocycles. The van der Waals surface area contributed by atoms with Crippen molar-refractivity contribution in [1.29, 1.82) is 5.26 Å². The second kappa shape index (κ2) is 20.5. The van der Waals surface area contributed by atoms with Crippen LogP contribution in [0.3, 0.4) is 0 Å². The lowest BCUT2D eigenvalue weighted by atomic mass is 9.80. The molecule has 0 N–H and O–H groups in total. The van der Waals surface area contributed by atoms with Gasteiger partial charge < -0.3 is 28.2 Å². The standard InChI is InChI=1S/C40H50BrN6O6P/c1-29(2)47(30(3)4)54(52-24-12-23-42)53-27-34(46-25-37(41)38(44-39(46)48)43-28-45(5)6)26-51-40(31-13-10-9-11-14-31,32-15-19-35(49-7)20-16-32)33-17-21-36(50-8)22-18-33/h9-11,13-22,25,28-30,34H,12,24,26-27H2,1-8H3/t34-,54?/m0/s1. The van der Waals surface area contributed by atoms with Crippen molar-refractivity contribution in [3.63, 3.8) is 0 Å². The minimum atomic E-state index is -1.63. The molecule has 0 bridgehead atoms. The smallest absolute Gasteiger partial charge is 0.350 e. The summed E-state index contributed by atoms with van der Waals surface area (Å²) in [6, 6.07) is 27.1. The quantitative estimate of drug-likeness (QED) is 0.0284. The topological polar surface area (TPSA) is 124 Å². The van der Waals surface area contributed by atoms with Gasteiger partial charge in [-0.05, 0) is 84.6 Å². The summed E-state index contributed by atoms with van der Waals surface area (Å²) >= 11 is 3.59. The van der Waals surface area contributed by atoms with Crippen LogP contribution in [0.5, 0.6) is 11.5 Å². The van der Waals surface area contributed by atoms with E-state index >= 15 is 0 Å². The minimum absolute atomic E-state index is 0.00597. The average molecular weight is 822 g/mol. The molecule has 3 aromatic carbocycles. The van der Waals surface area contributed by atoms with Crippen molar-refractivity contribution >= 4 is 36.6 Å². The average Bonchev–Trinajstić information content (AvgIpc) is 3.16. The summed E-state index contributed by atoms with van der Waals surface area (Å²) in [5, 5.41) is 9.27. The molecule has 14 heteroatoms. The summed E-state index contributed by atoms with van der Waals surface area (Å²) in [5.74, 6) is 1.64. The number of hydrogen-bond acceptors (Lipinski definition) is 10. The van der Waals surface area contributed by atoms with Crippen molar-refractivity contribution in [2.24, 2.45) is 4.99 Å². The van der Waals surface area contributed by atoms with Crippen molar-refractivity contribution in [1.82, 2.24) is 19.1 Å². The molecule has 288 valence electrons. The second-order valence-corrected chi connectivity index (χ2v) is 15.4. The Morgan fingerprint density at radius 3 is 1.94 bits per heavy atom. The fourth-order valence-electron chi connectivity index (χ4n) is 5.93. The number of aromatic nitrogens is 2. The van der Waals surface area contributed by atoms with Gasteiger partial charge in [0.2, 0.25) is 0 Å². The van der Waals surface area contributed by atoms with Gasteiger partial charge >= 0.3 is 5.69 Å². The third-order valence-electron chi connectivity index (χ3n) is 8.40. The molecule has 4 rings (SSSR count). The van der Waals surface area contributed by atoms with Gasteiger partial charge in [0, 0.05) is 32.4 Å². The number of methoxy groups -OCH3 is 2. The van der Waals surface area contributed by atoms with Gasteiger partial charge in [-0.25, -0.2) is 14.5 Å². The predicted octanol–water partition coefficient (Wildman–Crippen LogP) is 8.09.